The number of ketones is 1. The number of ether oxygens (including phenoxy) is 2. The van der Waals surface area contributed by atoms with Gasteiger partial charge in [0.15, 0.2) is 0 Å². The number of nitrogens with zero attached hydrogens (tertiary/aromatic N) is 1. The van der Waals surface area contributed by atoms with Crippen molar-refractivity contribution in [2.24, 2.45) is 5.92 Å². The summed E-state index contributed by atoms with van der Waals surface area (Å²) in [7, 11) is 0. The highest BCUT2D eigenvalue weighted by Gasteiger charge is 2.31. The topological polar surface area (TPSA) is 102 Å². The molecule has 0 radical (unpaired) electrons. The molecule has 1 fully saturated rings. The van der Waals surface area contributed by atoms with Crippen LogP contribution >= 0.6 is 55.1 Å². The van der Waals surface area contributed by atoms with E-state index in [1.807, 2.05) is 12.1 Å². The van der Waals surface area contributed by atoms with Gasteiger partial charge in [-0.05, 0) is 114 Å². The van der Waals surface area contributed by atoms with E-state index in [4.69, 9.17) is 32.7 Å². The van der Waals surface area contributed by atoms with E-state index in [0.717, 1.165) is 21.8 Å². The number of hydrogen-bond acceptors (Lipinski definition) is 7. The highest BCUT2D eigenvalue weighted by Crippen LogP contribution is 2.32. The standard InChI is InChI=1S/C36H28Br2Cl2N2O6/c1-21(43)19-42(14-13-23-8-10-27(39)18-31(23)40)28-4-2-3-25(16-28)35(45)48-36(46)29-15-22(5-11-32(29)41-34(44)24-6-7-24)20-47-33-12-9-26(37)17-30(33)38/h2-5,8-18,24H,6-7,19-20H2,1H3,(H,41,44). The molecule has 1 N–H and O–H groups in total. The minimum atomic E-state index is -0.943. The van der Waals surface area contributed by atoms with E-state index < -0.39 is 11.9 Å². The van der Waals surface area contributed by atoms with Crippen molar-refractivity contribution >= 4 is 96.1 Å². The van der Waals surface area contributed by atoms with Gasteiger partial charge in [0.05, 0.1) is 27.8 Å². The number of amides is 1. The molecule has 1 aliphatic carbocycles. The summed E-state index contributed by atoms with van der Waals surface area (Å²) >= 11 is 19.2. The number of rotatable bonds is 12. The Balaban J connectivity index is 1.36. The number of benzene rings is 4. The van der Waals surface area contributed by atoms with E-state index in [-0.39, 0.29) is 47.6 Å². The molecule has 1 aliphatic rings. The summed E-state index contributed by atoms with van der Waals surface area (Å²) in [5, 5.41) is 3.71. The van der Waals surface area contributed by atoms with Crippen molar-refractivity contribution in [2.75, 3.05) is 16.8 Å². The number of halogens is 4. The summed E-state index contributed by atoms with van der Waals surface area (Å²) in [5.74, 6) is -1.70. The molecular formula is C36H28Br2Cl2N2O6. The Bertz CT molecular complexity index is 1930. The average Bonchev–Trinajstić information content (AvgIpc) is 3.90. The van der Waals surface area contributed by atoms with Crippen LogP contribution in [0.25, 0.3) is 6.08 Å². The van der Waals surface area contributed by atoms with E-state index in [0.29, 0.717) is 32.6 Å². The first-order chi connectivity index (χ1) is 23.0. The minimum Gasteiger partial charge on any atom is -0.488 e. The van der Waals surface area contributed by atoms with Crippen LogP contribution in [-0.2, 0) is 20.9 Å². The second-order valence-electron chi connectivity index (χ2n) is 11.0. The lowest BCUT2D eigenvalue weighted by Crippen LogP contribution is -2.23. The number of Topliss-reactive ketones (excluding diaryl/α,β-unsaturated/α-hetero) is 1. The van der Waals surface area contributed by atoms with E-state index in [2.05, 4.69) is 37.2 Å². The van der Waals surface area contributed by atoms with E-state index in [9.17, 15) is 19.2 Å². The third-order valence-corrected chi connectivity index (χ3v) is 8.86. The van der Waals surface area contributed by atoms with Gasteiger partial charge in [-0.2, -0.15) is 0 Å². The Morgan fingerprint density at radius 1 is 0.938 bits per heavy atom. The molecule has 4 aromatic rings. The van der Waals surface area contributed by atoms with Gasteiger partial charge in [-0.25, -0.2) is 9.59 Å². The second-order valence-corrected chi connectivity index (χ2v) is 13.7. The molecule has 4 aromatic carbocycles. The summed E-state index contributed by atoms with van der Waals surface area (Å²) in [6, 6.07) is 21.7. The lowest BCUT2D eigenvalue weighted by molar-refractivity contribution is -0.117. The zero-order valence-electron chi connectivity index (χ0n) is 25.5. The number of nitrogens with one attached hydrogen (secondary N) is 1. The molecule has 0 heterocycles. The molecule has 0 unspecified atom stereocenters. The number of esters is 2. The van der Waals surface area contributed by atoms with Gasteiger partial charge >= 0.3 is 11.9 Å². The highest BCUT2D eigenvalue weighted by molar-refractivity contribution is 9.11. The molecule has 8 nitrogen and oxygen atoms in total. The molecule has 12 heteroatoms. The lowest BCUT2D eigenvalue weighted by atomic mass is 10.1. The van der Waals surface area contributed by atoms with Crippen molar-refractivity contribution in [3.05, 3.63) is 126 Å². The quantitative estimate of drug-likeness (QED) is 0.112. The summed E-state index contributed by atoms with van der Waals surface area (Å²) in [6.45, 7) is 1.56. The van der Waals surface area contributed by atoms with Gasteiger partial charge < -0.3 is 19.7 Å². The molecule has 1 amide bonds. The molecular weight excluding hydrogens is 787 g/mol. The van der Waals surface area contributed by atoms with Gasteiger partial charge in [-0.1, -0.05) is 57.3 Å². The molecule has 0 spiro atoms. The van der Waals surface area contributed by atoms with Crippen LogP contribution in [0.2, 0.25) is 10.0 Å². The largest absolute Gasteiger partial charge is 0.488 e. The summed E-state index contributed by atoms with van der Waals surface area (Å²) in [6.07, 6.45) is 4.94. The molecule has 5 rings (SSSR count). The van der Waals surface area contributed by atoms with Crippen molar-refractivity contribution in [2.45, 2.75) is 26.4 Å². The predicted molar refractivity (Wildman–Crippen MR) is 194 cm³/mol. The second kappa shape index (κ2) is 16.0. The van der Waals surface area contributed by atoms with Gasteiger partial charge in [0, 0.05) is 32.3 Å². The maximum absolute atomic E-state index is 13.5. The molecule has 0 aliphatic heterocycles. The fourth-order valence-electron chi connectivity index (χ4n) is 4.58. The molecule has 1 saturated carbocycles. The predicted octanol–water partition coefficient (Wildman–Crippen LogP) is 9.51. The molecule has 0 bridgehead atoms. The lowest BCUT2D eigenvalue weighted by Gasteiger charge is -2.20. The maximum Gasteiger partial charge on any atom is 0.348 e. The number of hydrogen-bond donors (Lipinski definition) is 1. The first-order valence-corrected chi connectivity index (χ1v) is 17.1. The van der Waals surface area contributed by atoms with Crippen molar-refractivity contribution in [1.82, 2.24) is 0 Å². The van der Waals surface area contributed by atoms with Crippen LogP contribution < -0.4 is 15.0 Å². The minimum absolute atomic E-state index is 0.00505. The van der Waals surface area contributed by atoms with Crippen LogP contribution in [0.3, 0.4) is 0 Å². The highest BCUT2D eigenvalue weighted by atomic mass is 79.9. The van der Waals surface area contributed by atoms with Crippen LogP contribution in [0.4, 0.5) is 11.4 Å². The third-order valence-electron chi connectivity index (χ3n) is 7.19. The van der Waals surface area contributed by atoms with E-state index in [1.54, 1.807) is 65.7 Å². The summed E-state index contributed by atoms with van der Waals surface area (Å²) in [5.41, 5.74) is 2.11. The molecule has 0 atom stereocenters. The van der Waals surface area contributed by atoms with Crippen LogP contribution in [0, 0.1) is 5.92 Å². The number of anilines is 2. The molecule has 0 aromatic heterocycles. The van der Waals surface area contributed by atoms with Gasteiger partial charge in [-0.3, -0.25) is 9.59 Å². The Labute approximate surface area is 304 Å². The van der Waals surface area contributed by atoms with Crippen LogP contribution in [0.5, 0.6) is 5.75 Å². The van der Waals surface area contributed by atoms with Crippen LogP contribution in [0.15, 0.2) is 94.0 Å². The fraction of sp³-hybridized carbons (Fsp3) is 0.167. The molecule has 0 saturated heterocycles. The smallest absolute Gasteiger partial charge is 0.348 e. The maximum atomic E-state index is 13.5. The summed E-state index contributed by atoms with van der Waals surface area (Å²) < 4.78 is 12.9. The fourth-order valence-corrected chi connectivity index (χ4v) is 6.21. The van der Waals surface area contributed by atoms with Gasteiger partial charge in [0.25, 0.3) is 0 Å². The first kappa shape index (κ1) is 35.3. The number of carbonyl (C=O) groups excluding carboxylic acids is 4. The van der Waals surface area contributed by atoms with Crippen LogP contribution in [0.1, 0.15) is 51.6 Å². The van der Waals surface area contributed by atoms with Gasteiger partial charge in [0.2, 0.25) is 5.91 Å². The van der Waals surface area contributed by atoms with Crippen molar-refractivity contribution in [3.8, 4) is 5.75 Å². The normalized spacial score (nSPS) is 12.4. The van der Waals surface area contributed by atoms with Crippen molar-refractivity contribution in [3.63, 3.8) is 0 Å². The Hall–Kier alpha value is -3.96. The summed E-state index contributed by atoms with van der Waals surface area (Å²) in [4.78, 5) is 53.1. The molecule has 48 heavy (non-hydrogen) atoms. The Morgan fingerprint density at radius 2 is 1.73 bits per heavy atom. The first-order valence-electron chi connectivity index (χ1n) is 14.7. The monoisotopic (exact) mass is 812 g/mol. The zero-order chi connectivity index (χ0) is 34.4. The molecule has 246 valence electrons. The SMILES string of the molecule is CC(=O)CN(C=Cc1ccc(Cl)cc1Cl)c1cccc(C(=O)OC(=O)c2cc(COc3ccc(Br)cc3Br)ccc2NC(=O)C2CC2)c1. The van der Waals surface area contributed by atoms with Gasteiger partial charge in [0.1, 0.15) is 18.1 Å². The van der Waals surface area contributed by atoms with Crippen LogP contribution in [-0.4, -0.2) is 30.2 Å². The van der Waals surface area contributed by atoms with E-state index in [1.165, 1.54) is 25.1 Å². The average molecular weight is 815 g/mol. The Morgan fingerprint density at radius 3 is 2.44 bits per heavy atom. The van der Waals surface area contributed by atoms with Crippen molar-refractivity contribution < 1.29 is 28.7 Å². The third kappa shape index (κ3) is 9.56. The van der Waals surface area contributed by atoms with E-state index >= 15 is 0 Å². The zero-order valence-corrected chi connectivity index (χ0v) is 30.2. The number of carbonyl (C=O) groups is 4. The Kier molecular flexibility index (Phi) is 11.8. The van der Waals surface area contributed by atoms with Crippen molar-refractivity contribution in [1.29, 1.82) is 0 Å². The van der Waals surface area contributed by atoms with Gasteiger partial charge in [-0.15, -0.1) is 0 Å².